The first-order valence-electron chi connectivity index (χ1n) is 12.4. The molecular formula is C30H32N2O5. The van der Waals surface area contributed by atoms with Gasteiger partial charge in [0.05, 0.1) is 14.2 Å². The van der Waals surface area contributed by atoms with Crippen molar-refractivity contribution in [3.8, 4) is 16.9 Å². The number of carbonyl (C=O) groups excluding carboxylic acids is 2. The number of methoxy groups -OCH3 is 2. The number of benzene rings is 3. The van der Waals surface area contributed by atoms with Crippen LogP contribution < -0.4 is 10.1 Å². The van der Waals surface area contributed by atoms with Gasteiger partial charge in [-0.25, -0.2) is 9.59 Å². The van der Waals surface area contributed by atoms with E-state index < -0.39 is 18.1 Å². The lowest BCUT2D eigenvalue weighted by Crippen LogP contribution is -2.42. The van der Waals surface area contributed by atoms with Crippen molar-refractivity contribution in [1.29, 1.82) is 0 Å². The predicted molar refractivity (Wildman–Crippen MR) is 143 cm³/mol. The lowest BCUT2D eigenvalue weighted by molar-refractivity contribution is -0.143. The summed E-state index contributed by atoms with van der Waals surface area (Å²) in [5.74, 6) is 0.267. The summed E-state index contributed by atoms with van der Waals surface area (Å²) in [5.41, 5.74) is 5.58. The molecule has 7 nitrogen and oxygen atoms in total. The van der Waals surface area contributed by atoms with Gasteiger partial charge in [-0.05, 0) is 71.3 Å². The van der Waals surface area contributed by atoms with Gasteiger partial charge in [0.15, 0.2) is 0 Å². The van der Waals surface area contributed by atoms with Gasteiger partial charge >= 0.3 is 12.1 Å². The zero-order chi connectivity index (χ0) is 26.0. The van der Waals surface area contributed by atoms with Crippen molar-refractivity contribution in [3.63, 3.8) is 0 Å². The Balaban J connectivity index is 1.25. The first-order chi connectivity index (χ1) is 18.1. The summed E-state index contributed by atoms with van der Waals surface area (Å²) in [6.07, 6.45) is 3.09. The van der Waals surface area contributed by atoms with Crippen LogP contribution in [0.5, 0.6) is 5.75 Å². The van der Waals surface area contributed by atoms with Crippen LogP contribution in [0.25, 0.3) is 11.1 Å². The van der Waals surface area contributed by atoms with E-state index in [2.05, 4.69) is 34.6 Å². The second kappa shape index (κ2) is 12.7. The Labute approximate surface area is 217 Å². The third-order valence-corrected chi connectivity index (χ3v) is 6.51. The van der Waals surface area contributed by atoms with Gasteiger partial charge in [-0.2, -0.15) is 0 Å². The van der Waals surface area contributed by atoms with E-state index >= 15 is 0 Å². The Kier molecular flexibility index (Phi) is 8.92. The van der Waals surface area contributed by atoms with Gasteiger partial charge in [0.25, 0.3) is 0 Å². The lowest BCUT2D eigenvalue weighted by atomic mass is 9.98. The molecule has 0 spiro atoms. The summed E-state index contributed by atoms with van der Waals surface area (Å²) in [6, 6.07) is 23.2. The van der Waals surface area contributed by atoms with Gasteiger partial charge in [-0.3, -0.25) is 4.99 Å². The van der Waals surface area contributed by atoms with Crippen LogP contribution in [0, 0.1) is 0 Å². The number of amides is 1. The summed E-state index contributed by atoms with van der Waals surface area (Å²) in [7, 11) is 2.95. The molecule has 0 unspecified atom stereocenters. The highest BCUT2D eigenvalue weighted by atomic mass is 16.6. The highest BCUT2D eigenvalue weighted by Gasteiger charge is 2.29. The Morgan fingerprint density at radius 3 is 2.19 bits per heavy atom. The zero-order valence-electron chi connectivity index (χ0n) is 21.2. The summed E-state index contributed by atoms with van der Waals surface area (Å²) in [6.45, 7) is 0.804. The Morgan fingerprint density at radius 1 is 0.919 bits per heavy atom. The number of hydrogen-bond acceptors (Lipinski definition) is 6. The van der Waals surface area contributed by atoms with Crippen LogP contribution in [0.4, 0.5) is 4.79 Å². The molecule has 0 saturated carbocycles. The molecule has 0 fully saturated rings. The van der Waals surface area contributed by atoms with Gasteiger partial charge in [0.2, 0.25) is 0 Å². The summed E-state index contributed by atoms with van der Waals surface area (Å²) in [5, 5.41) is 2.68. The van der Waals surface area contributed by atoms with E-state index in [0.29, 0.717) is 19.4 Å². The maximum atomic E-state index is 12.6. The van der Waals surface area contributed by atoms with Crippen LogP contribution in [-0.2, 0) is 14.3 Å². The molecule has 37 heavy (non-hydrogen) atoms. The molecule has 4 rings (SSSR count). The number of fused-ring (bicyclic) bond motifs is 3. The number of hydrogen-bond donors (Lipinski definition) is 1. The molecule has 0 aliphatic heterocycles. The number of rotatable bonds is 11. The third kappa shape index (κ3) is 6.55. The van der Waals surface area contributed by atoms with Crippen molar-refractivity contribution in [2.45, 2.75) is 31.2 Å². The molecule has 0 heterocycles. The van der Waals surface area contributed by atoms with Crippen molar-refractivity contribution in [2.24, 2.45) is 4.99 Å². The minimum atomic E-state index is -0.772. The maximum Gasteiger partial charge on any atom is 0.407 e. The standard InChI is InChI=1S/C30H32N2O5/c1-35-22-16-14-21(15-17-22)19-31-18-8-7-13-28(29(33)36-2)32-30(34)37-20-27-25-11-5-3-9-23(25)24-10-4-6-12-26(24)27/h3-6,9-12,14-17,19,27-28H,7-8,13,18,20H2,1-2H3,(H,32,34)/t28-/m0/s1. The molecule has 1 atom stereocenters. The SMILES string of the molecule is COC(=O)[C@H](CCCCN=Cc1ccc(OC)cc1)NC(=O)OCC1c2ccccc2-c2ccccc21. The van der Waals surface area contributed by atoms with Crippen molar-refractivity contribution in [3.05, 3.63) is 89.5 Å². The molecule has 0 bridgehead atoms. The Hall–Kier alpha value is -4.13. The average molecular weight is 501 g/mol. The fraction of sp³-hybridized carbons (Fsp3) is 0.300. The van der Waals surface area contributed by atoms with E-state index in [0.717, 1.165) is 40.0 Å². The molecule has 1 aliphatic rings. The molecule has 3 aromatic carbocycles. The minimum absolute atomic E-state index is 0.0433. The molecule has 0 radical (unpaired) electrons. The van der Waals surface area contributed by atoms with Crippen LogP contribution in [-0.4, -0.2) is 51.7 Å². The zero-order valence-corrected chi connectivity index (χ0v) is 21.2. The maximum absolute atomic E-state index is 12.6. The van der Waals surface area contributed by atoms with Crippen molar-refractivity contribution < 1.29 is 23.8 Å². The van der Waals surface area contributed by atoms with Gasteiger partial charge in [0.1, 0.15) is 18.4 Å². The van der Waals surface area contributed by atoms with Gasteiger partial charge in [-0.15, -0.1) is 0 Å². The predicted octanol–water partition coefficient (Wildman–Crippen LogP) is 5.36. The van der Waals surface area contributed by atoms with E-state index in [1.807, 2.05) is 54.7 Å². The van der Waals surface area contributed by atoms with Gasteiger partial charge in [0, 0.05) is 18.7 Å². The monoisotopic (exact) mass is 500 g/mol. The van der Waals surface area contributed by atoms with Gasteiger partial charge in [-0.1, -0.05) is 48.5 Å². The molecular weight excluding hydrogens is 468 g/mol. The largest absolute Gasteiger partial charge is 0.497 e. The minimum Gasteiger partial charge on any atom is -0.497 e. The van der Waals surface area contributed by atoms with Crippen molar-refractivity contribution in [1.82, 2.24) is 5.32 Å². The number of nitrogens with zero attached hydrogens (tertiary/aromatic N) is 1. The van der Waals surface area contributed by atoms with Crippen molar-refractivity contribution in [2.75, 3.05) is 27.4 Å². The smallest absolute Gasteiger partial charge is 0.407 e. The first kappa shape index (κ1) is 25.9. The summed E-state index contributed by atoms with van der Waals surface area (Å²) >= 11 is 0. The van der Waals surface area contributed by atoms with Crippen molar-refractivity contribution >= 4 is 18.3 Å². The molecule has 0 saturated heterocycles. The normalized spacial score (nSPS) is 13.0. The number of carbonyl (C=O) groups is 2. The molecule has 1 N–H and O–H groups in total. The average Bonchev–Trinajstić information content (AvgIpc) is 3.26. The van der Waals surface area contributed by atoms with E-state index in [9.17, 15) is 9.59 Å². The van der Waals surface area contributed by atoms with E-state index in [1.54, 1.807) is 7.11 Å². The molecule has 192 valence electrons. The summed E-state index contributed by atoms with van der Waals surface area (Å²) < 4.78 is 15.6. The second-order valence-electron chi connectivity index (χ2n) is 8.85. The van der Waals surface area contributed by atoms with Crippen LogP contribution in [0.3, 0.4) is 0 Å². The highest BCUT2D eigenvalue weighted by molar-refractivity contribution is 5.82. The Morgan fingerprint density at radius 2 is 1.57 bits per heavy atom. The Bertz CT molecular complexity index is 1190. The first-order valence-corrected chi connectivity index (χ1v) is 12.4. The van der Waals surface area contributed by atoms with Crippen LogP contribution in [0.15, 0.2) is 77.8 Å². The van der Waals surface area contributed by atoms with E-state index in [1.165, 1.54) is 7.11 Å². The second-order valence-corrected chi connectivity index (χ2v) is 8.85. The van der Waals surface area contributed by atoms with Crippen LogP contribution in [0.1, 0.15) is 41.9 Å². The molecule has 3 aromatic rings. The quantitative estimate of drug-likeness (QED) is 0.217. The van der Waals surface area contributed by atoms with Crippen LogP contribution in [0.2, 0.25) is 0 Å². The number of esters is 1. The van der Waals surface area contributed by atoms with E-state index in [-0.39, 0.29) is 12.5 Å². The van der Waals surface area contributed by atoms with E-state index in [4.69, 9.17) is 14.2 Å². The highest BCUT2D eigenvalue weighted by Crippen LogP contribution is 2.44. The molecule has 0 aromatic heterocycles. The number of nitrogens with one attached hydrogen (secondary N) is 1. The number of alkyl carbamates (subject to hydrolysis) is 1. The lowest BCUT2D eigenvalue weighted by Gasteiger charge is -2.18. The summed E-state index contributed by atoms with van der Waals surface area (Å²) in [4.78, 5) is 29.3. The van der Waals surface area contributed by atoms with Crippen LogP contribution >= 0.6 is 0 Å². The molecule has 1 amide bonds. The topological polar surface area (TPSA) is 86.2 Å². The number of ether oxygens (including phenoxy) is 3. The van der Waals surface area contributed by atoms with Gasteiger partial charge < -0.3 is 19.5 Å². The molecule has 1 aliphatic carbocycles. The third-order valence-electron chi connectivity index (χ3n) is 6.51. The fourth-order valence-electron chi connectivity index (χ4n) is 4.59. The number of unbranched alkanes of at least 4 members (excludes halogenated alkanes) is 1. The number of aliphatic imine (C=N–C) groups is 1. The molecule has 7 heteroatoms. The fourth-order valence-corrected chi connectivity index (χ4v) is 4.59.